The lowest BCUT2D eigenvalue weighted by molar-refractivity contribution is -0.138. The van der Waals surface area contributed by atoms with E-state index in [-0.39, 0.29) is 6.42 Å². The van der Waals surface area contributed by atoms with Gasteiger partial charge >= 0.3 is 6.18 Å². The van der Waals surface area contributed by atoms with Crippen molar-refractivity contribution < 1.29 is 17.9 Å². The van der Waals surface area contributed by atoms with Crippen molar-refractivity contribution >= 4 is 0 Å². The number of benzene rings is 1. The number of rotatable bonds is 7. The second kappa shape index (κ2) is 7.47. The molecule has 0 bridgehead atoms. The molecule has 1 rings (SSSR count). The first-order valence-corrected chi connectivity index (χ1v) is 6.17. The molecule has 1 aromatic carbocycles. The highest BCUT2D eigenvalue weighted by Crippen LogP contribution is 2.28. The molecular formula is C13H19F3N2O. The highest BCUT2D eigenvalue weighted by Gasteiger charge is 2.31. The Morgan fingerprint density at radius 3 is 2.37 bits per heavy atom. The normalized spacial score (nSPS) is 15.2. The van der Waals surface area contributed by atoms with Crippen molar-refractivity contribution in [2.45, 2.75) is 38.1 Å². The van der Waals surface area contributed by atoms with E-state index in [1.165, 1.54) is 0 Å². The lowest BCUT2D eigenvalue weighted by atomic mass is 9.98. The summed E-state index contributed by atoms with van der Waals surface area (Å²) >= 11 is 0. The zero-order valence-corrected chi connectivity index (χ0v) is 10.8. The van der Waals surface area contributed by atoms with E-state index in [2.05, 4.69) is 5.43 Å². The predicted octanol–water partition coefficient (Wildman–Crippen LogP) is 2.94. The van der Waals surface area contributed by atoms with Crippen LogP contribution in [0.3, 0.4) is 0 Å². The Kier molecular flexibility index (Phi) is 6.27. The second-order valence-electron chi connectivity index (χ2n) is 4.21. The van der Waals surface area contributed by atoms with E-state index in [4.69, 9.17) is 10.6 Å². The van der Waals surface area contributed by atoms with Crippen molar-refractivity contribution in [3.8, 4) is 0 Å². The Hall–Kier alpha value is -1.11. The minimum absolute atomic E-state index is 0.125. The van der Waals surface area contributed by atoms with Gasteiger partial charge in [0, 0.05) is 13.0 Å². The minimum atomic E-state index is -4.19. The molecule has 0 saturated carbocycles. The third kappa shape index (κ3) is 5.59. The summed E-state index contributed by atoms with van der Waals surface area (Å²) in [5.41, 5.74) is 3.25. The van der Waals surface area contributed by atoms with Crippen LogP contribution >= 0.6 is 0 Å². The van der Waals surface area contributed by atoms with Crippen LogP contribution in [0.5, 0.6) is 0 Å². The molecule has 0 radical (unpaired) electrons. The molecule has 0 aliphatic heterocycles. The maximum atomic E-state index is 12.3. The smallest absolute Gasteiger partial charge is 0.372 e. The Morgan fingerprint density at radius 2 is 1.89 bits per heavy atom. The fraction of sp³-hybridized carbons (Fsp3) is 0.538. The van der Waals surface area contributed by atoms with Gasteiger partial charge in [0.2, 0.25) is 0 Å². The molecule has 0 spiro atoms. The van der Waals surface area contributed by atoms with Gasteiger partial charge in [-0.05, 0) is 18.9 Å². The fourth-order valence-corrected chi connectivity index (χ4v) is 1.91. The highest BCUT2D eigenvalue weighted by atomic mass is 19.4. The number of nitrogens with one attached hydrogen (secondary N) is 1. The molecule has 0 aromatic heterocycles. The molecule has 3 nitrogen and oxygen atoms in total. The molecule has 6 heteroatoms. The first-order chi connectivity index (χ1) is 8.98. The maximum absolute atomic E-state index is 12.3. The third-order valence-electron chi connectivity index (χ3n) is 2.79. The molecule has 19 heavy (non-hydrogen) atoms. The summed E-state index contributed by atoms with van der Waals surface area (Å²) in [7, 11) is 0. The predicted molar refractivity (Wildman–Crippen MR) is 67.2 cm³/mol. The van der Waals surface area contributed by atoms with Gasteiger partial charge in [-0.3, -0.25) is 11.3 Å². The van der Waals surface area contributed by atoms with Crippen LogP contribution in [0, 0.1) is 0 Å². The van der Waals surface area contributed by atoms with Crippen molar-refractivity contribution in [1.82, 2.24) is 5.43 Å². The summed E-state index contributed by atoms with van der Waals surface area (Å²) in [6.07, 6.45) is -5.70. The van der Waals surface area contributed by atoms with E-state index in [9.17, 15) is 13.2 Å². The Bertz CT molecular complexity index is 357. The van der Waals surface area contributed by atoms with Gasteiger partial charge < -0.3 is 4.74 Å². The summed E-state index contributed by atoms with van der Waals surface area (Å²) in [5.74, 6) is 5.37. The molecule has 2 atom stereocenters. The van der Waals surface area contributed by atoms with Gasteiger partial charge in [0.05, 0.1) is 12.1 Å². The molecule has 1 aromatic rings. The topological polar surface area (TPSA) is 47.3 Å². The van der Waals surface area contributed by atoms with Gasteiger partial charge in [-0.2, -0.15) is 13.2 Å². The first kappa shape index (κ1) is 15.9. The summed E-state index contributed by atoms with van der Waals surface area (Å²) < 4.78 is 42.4. The summed E-state index contributed by atoms with van der Waals surface area (Å²) in [5, 5.41) is 0. The van der Waals surface area contributed by atoms with Gasteiger partial charge in [0.1, 0.15) is 0 Å². The Labute approximate surface area is 110 Å². The Balaban J connectivity index is 2.77. The van der Waals surface area contributed by atoms with Crippen molar-refractivity contribution in [2.24, 2.45) is 5.84 Å². The van der Waals surface area contributed by atoms with Crippen molar-refractivity contribution in [3.05, 3.63) is 35.9 Å². The minimum Gasteiger partial charge on any atom is -0.372 e. The van der Waals surface area contributed by atoms with Crippen molar-refractivity contribution in [1.29, 1.82) is 0 Å². The number of hydrogen-bond donors (Lipinski definition) is 2. The molecule has 0 saturated heterocycles. The van der Waals surface area contributed by atoms with Crippen LogP contribution in [0.15, 0.2) is 30.3 Å². The lowest BCUT2D eigenvalue weighted by Crippen LogP contribution is -2.41. The molecule has 0 heterocycles. The van der Waals surface area contributed by atoms with Crippen LogP contribution in [0.1, 0.15) is 31.4 Å². The van der Waals surface area contributed by atoms with Crippen molar-refractivity contribution in [2.75, 3.05) is 6.61 Å². The van der Waals surface area contributed by atoms with Crippen LogP contribution in [0.4, 0.5) is 13.2 Å². The van der Waals surface area contributed by atoms with Crippen LogP contribution in [0.2, 0.25) is 0 Å². The molecule has 3 N–H and O–H groups in total. The molecule has 0 aliphatic carbocycles. The van der Waals surface area contributed by atoms with Crippen LogP contribution in [-0.2, 0) is 4.74 Å². The monoisotopic (exact) mass is 276 g/mol. The second-order valence-corrected chi connectivity index (χ2v) is 4.21. The van der Waals surface area contributed by atoms with Crippen LogP contribution in [0.25, 0.3) is 0 Å². The number of hydrogen-bond acceptors (Lipinski definition) is 3. The maximum Gasteiger partial charge on any atom is 0.389 e. The molecule has 2 unspecified atom stereocenters. The summed E-state index contributed by atoms with van der Waals surface area (Å²) in [4.78, 5) is 0. The third-order valence-corrected chi connectivity index (χ3v) is 2.79. The SMILES string of the molecule is CCOC(c1ccccc1)C(CCC(F)(F)F)NN. The van der Waals surface area contributed by atoms with E-state index in [1.807, 2.05) is 30.3 Å². The average Bonchev–Trinajstić information content (AvgIpc) is 2.38. The fourth-order valence-electron chi connectivity index (χ4n) is 1.91. The van der Waals surface area contributed by atoms with Crippen molar-refractivity contribution in [3.63, 3.8) is 0 Å². The number of halogens is 3. The molecule has 0 amide bonds. The standard InChI is InChI=1S/C13H19F3N2O/c1-2-19-12(10-6-4-3-5-7-10)11(18-17)8-9-13(14,15)16/h3-7,11-12,18H,2,8-9,17H2,1H3. The zero-order chi connectivity index (χ0) is 14.3. The van der Waals surface area contributed by atoms with Gasteiger partial charge in [0.15, 0.2) is 0 Å². The van der Waals surface area contributed by atoms with Gasteiger partial charge in [0.25, 0.3) is 0 Å². The van der Waals surface area contributed by atoms with E-state index in [0.717, 1.165) is 5.56 Å². The van der Waals surface area contributed by atoms with E-state index in [0.29, 0.717) is 6.61 Å². The quantitative estimate of drug-likeness (QED) is 0.594. The van der Waals surface area contributed by atoms with E-state index < -0.39 is 24.7 Å². The van der Waals surface area contributed by atoms with Crippen LogP contribution < -0.4 is 11.3 Å². The van der Waals surface area contributed by atoms with E-state index in [1.54, 1.807) is 6.92 Å². The van der Waals surface area contributed by atoms with Gasteiger partial charge in [-0.25, -0.2) is 0 Å². The Morgan fingerprint density at radius 1 is 1.26 bits per heavy atom. The number of ether oxygens (including phenoxy) is 1. The number of alkyl halides is 3. The summed E-state index contributed by atoms with van der Waals surface area (Å²) in [6, 6.07) is 8.53. The first-order valence-electron chi connectivity index (χ1n) is 6.17. The average molecular weight is 276 g/mol. The molecular weight excluding hydrogens is 257 g/mol. The number of hydrazine groups is 1. The molecule has 0 aliphatic rings. The van der Waals surface area contributed by atoms with Gasteiger partial charge in [-0.15, -0.1) is 0 Å². The zero-order valence-electron chi connectivity index (χ0n) is 10.8. The van der Waals surface area contributed by atoms with E-state index >= 15 is 0 Å². The lowest BCUT2D eigenvalue weighted by Gasteiger charge is -2.27. The van der Waals surface area contributed by atoms with Crippen LogP contribution in [-0.4, -0.2) is 18.8 Å². The molecule has 108 valence electrons. The highest BCUT2D eigenvalue weighted by molar-refractivity contribution is 5.19. The number of nitrogens with two attached hydrogens (primary N) is 1. The van der Waals surface area contributed by atoms with Gasteiger partial charge in [-0.1, -0.05) is 30.3 Å². The largest absolute Gasteiger partial charge is 0.389 e. The molecule has 0 fully saturated rings. The summed E-state index contributed by atoms with van der Waals surface area (Å²) in [6.45, 7) is 2.21.